The van der Waals surface area contributed by atoms with E-state index in [4.69, 9.17) is 19.3 Å². The average molecular weight is 233 g/mol. The fourth-order valence-electron chi connectivity index (χ4n) is 0.737. The van der Waals surface area contributed by atoms with Gasteiger partial charge in [0.15, 0.2) is 0 Å². The van der Waals surface area contributed by atoms with E-state index < -0.39 is 5.97 Å². The van der Waals surface area contributed by atoms with Crippen molar-refractivity contribution in [2.45, 2.75) is 13.8 Å². The van der Waals surface area contributed by atoms with Crippen LogP contribution in [0.1, 0.15) is 13.8 Å². The normalized spacial score (nSPS) is 10.1. The van der Waals surface area contributed by atoms with Crippen LogP contribution >= 0.6 is 0 Å². The minimum absolute atomic E-state index is 0.276. The molecule has 0 aliphatic heterocycles. The zero-order valence-electron chi connectivity index (χ0n) is 9.77. The van der Waals surface area contributed by atoms with E-state index in [0.717, 1.165) is 5.71 Å². The van der Waals surface area contributed by atoms with Gasteiger partial charge in [-0.25, -0.2) is 4.79 Å². The molecule has 0 radical (unpaired) electrons. The van der Waals surface area contributed by atoms with Gasteiger partial charge in [0.1, 0.15) is 13.3 Å². The number of carbonyl (C=O) groups is 1. The molecule has 6 heteroatoms. The number of rotatable bonds is 10. The van der Waals surface area contributed by atoms with Gasteiger partial charge in [-0.2, -0.15) is 0 Å². The molecule has 0 spiro atoms. The van der Waals surface area contributed by atoms with Gasteiger partial charge in [0.05, 0.1) is 26.4 Å². The van der Waals surface area contributed by atoms with Crippen LogP contribution in [-0.2, 0) is 19.0 Å². The second kappa shape index (κ2) is 10.5. The van der Waals surface area contributed by atoms with Gasteiger partial charge in [-0.3, -0.25) is 4.99 Å². The number of hydrogen-bond acceptors (Lipinski definition) is 5. The first-order valence-electron chi connectivity index (χ1n) is 5.05. The third-order valence-electron chi connectivity index (χ3n) is 1.44. The highest BCUT2D eigenvalue weighted by molar-refractivity contribution is 5.78. The number of nitrogens with zero attached hydrogens (tertiary/aromatic N) is 1. The lowest BCUT2D eigenvalue weighted by Crippen LogP contribution is -2.13. The quantitative estimate of drug-likeness (QED) is 0.440. The highest BCUT2D eigenvalue weighted by atomic mass is 16.5. The summed E-state index contributed by atoms with van der Waals surface area (Å²) in [4.78, 5) is 14.1. The predicted octanol–water partition coefficient (Wildman–Crippen LogP) is 0.559. The van der Waals surface area contributed by atoms with E-state index in [9.17, 15) is 4.79 Å². The van der Waals surface area contributed by atoms with Crippen LogP contribution in [0.5, 0.6) is 0 Å². The Morgan fingerprint density at radius 2 is 1.62 bits per heavy atom. The van der Waals surface area contributed by atoms with Crippen LogP contribution in [0.4, 0.5) is 0 Å². The Morgan fingerprint density at radius 3 is 2.19 bits per heavy atom. The average Bonchev–Trinajstić information content (AvgIpc) is 2.20. The van der Waals surface area contributed by atoms with Gasteiger partial charge in [-0.15, -0.1) is 0 Å². The third-order valence-corrected chi connectivity index (χ3v) is 1.44. The Balaban J connectivity index is 3.04. The van der Waals surface area contributed by atoms with Crippen molar-refractivity contribution >= 4 is 11.7 Å². The molecule has 0 aliphatic rings. The van der Waals surface area contributed by atoms with E-state index in [1.165, 1.54) is 0 Å². The highest BCUT2D eigenvalue weighted by Crippen LogP contribution is 1.83. The molecule has 0 aromatic rings. The van der Waals surface area contributed by atoms with Gasteiger partial charge in [0.2, 0.25) is 0 Å². The van der Waals surface area contributed by atoms with Gasteiger partial charge in [-0.05, 0) is 13.8 Å². The summed E-state index contributed by atoms with van der Waals surface area (Å²) in [6.45, 7) is 5.43. The summed E-state index contributed by atoms with van der Waals surface area (Å²) in [6, 6.07) is 0. The van der Waals surface area contributed by atoms with E-state index in [1.807, 2.05) is 13.8 Å². The highest BCUT2D eigenvalue weighted by Gasteiger charge is 1.95. The Bertz CT molecular complexity index is 213. The van der Waals surface area contributed by atoms with E-state index >= 15 is 0 Å². The van der Waals surface area contributed by atoms with Gasteiger partial charge < -0.3 is 19.3 Å². The number of ether oxygens (including phenoxy) is 3. The van der Waals surface area contributed by atoms with Crippen molar-refractivity contribution in [1.29, 1.82) is 0 Å². The molecule has 0 heterocycles. The van der Waals surface area contributed by atoms with Gasteiger partial charge in [0, 0.05) is 5.71 Å². The molecule has 0 aromatic carbocycles. The molecule has 0 aromatic heterocycles. The standard InChI is InChI=1S/C10H19NO5/c1-9(2)11-8-16-6-4-14-3-5-15-7-10(12)13/h3-8H2,1-2H3,(H,12,13). The zero-order chi connectivity index (χ0) is 12.2. The lowest BCUT2D eigenvalue weighted by molar-refractivity contribution is -0.142. The molecule has 0 rings (SSSR count). The molecule has 0 unspecified atom stereocenters. The van der Waals surface area contributed by atoms with Crippen LogP contribution in [0.2, 0.25) is 0 Å². The summed E-state index contributed by atoms with van der Waals surface area (Å²) < 4.78 is 15.0. The molecule has 6 nitrogen and oxygen atoms in total. The molecule has 0 amide bonds. The van der Waals surface area contributed by atoms with Crippen LogP contribution in [0.15, 0.2) is 4.99 Å². The number of aliphatic carboxylic acids is 1. The van der Waals surface area contributed by atoms with Crippen molar-refractivity contribution in [2.75, 3.05) is 39.8 Å². The molecule has 0 saturated heterocycles. The molecule has 0 saturated carbocycles. The third kappa shape index (κ3) is 13.0. The molecule has 0 atom stereocenters. The van der Waals surface area contributed by atoms with E-state index in [0.29, 0.717) is 26.6 Å². The van der Waals surface area contributed by atoms with Gasteiger partial charge in [-0.1, -0.05) is 0 Å². The minimum Gasteiger partial charge on any atom is -0.480 e. The van der Waals surface area contributed by atoms with E-state index in [1.54, 1.807) is 0 Å². The van der Waals surface area contributed by atoms with Gasteiger partial charge >= 0.3 is 5.97 Å². The fourth-order valence-corrected chi connectivity index (χ4v) is 0.737. The van der Waals surface area contributed by atoms with Crippen molar-refractivity contribution < 1.29 is 24.1 Å². The van der Waals surface area contributed by atoms with Crippen molar-refractivity contribution in [1.82, 2.24) is 0 Å². The first-order valence-corrected chi connectivity index (χ1v) is 5.05. The molecular formula is C10H19NO5. The van der Waals surface area contributed by atoms with E-state index in [2.05, 4.69) is 4.99 Å². The Hall–Kier alpha value is -0.980. The number of carboxylic acids is 1. The SMILES string of the molecule is CC(C)=NCOCCOCCOCC(=O)O. The summed E-state index contributed by atoms with van der Waals surface area (Å²) in [7, 11) is 0. The second-order valence-corrected chi connectivity index (χ2v) is 3.20. The lowest BCUT2D eigenvalue weighted by atomic mass is 10.5. The maximum absolute atomic E-state index is 10.1. The van der Waals surface area contributed by atoms with Crippen molar-refractivity contribution in [3.8, 4) is 0 Å². The van der Waals surface area contributed by atoms with Crippen LogP contribution in [-0.4, -0.2) is 56.6 Å². The molecular weight excluding hydrogens is 214 g/mol. The Kier molecular flexibility index (Phi) is 9.89. The first-order chi connectivity index (χ1) is 7.63. The van der Waals surface area contributed by atoms with Crippen molar-refractivity contribution in [3.05, 3.63) is 0 Å². The van der Waals surface area contributed by atoms with E-state index in [-0.39, 0.29) is 13.2 Å². The molecule has 16 heavy (non-hydrogen) atoms. The molecule has 1 N–H and O–H groups in total. The van der Waals surface area contributed by atoms with Crippen LogP contribution in [0.25, 0.3) is 0 Å². The number of carboxylic acid groups (broad SMARTS) is 1. The van der Waals surface area contributed by atoms with Gasteiger partial charge in [0.25, 0.3) is 0 Å². The summed E-state index contributed by atoms with van der Waals surface area (Å²) in [5.41, 5.74) is 0.975. The monoisotopic (exact) mass is 233 g/mol. The summed E-state index contributed by atoms with van der Waals surface area (Å²) in [6.07, 6.45) is 0. The van der Waals surface area contributed by atoms with Crippen molar-refractivity contribution in [3.63, 3.8) is 0 Å². The summed E-state index contributed by atoms with van der Waals surface area (Å²) >= 11 is 0. The second-order valence-electron chi connectivity index (χ2n) is 3.20. The largest absolute Gasteiger partial charge is 0.480 e. The molecule has 0 fully saturated rings. The minimum atomic E-state index is -0.976. The first kappa shape index (κ1) is 15.0. The Morgan fingerprint density at radius 1 is 1.06 bits per heavy atom. The smallest absolute Gasteiger partial charge is 0.329 e. The summed E-state index contributed by atoms with van der Waals surface area (Å²) in [5, 5.41) is 8.26. The predicted molar refractivity (Wildman–Crippen MR) is 58.9 cm³/mol. The number of hydrogen-bond donors (Lipinski definition) is 1. The molecule has 0 bridgehead atoms. The maximum Gasteiger partial charge on any atom is 0.329 e. The van der Waals surface area contributed by atoms with Crippen LogP contribution in [0.3, 0.4) is 0 Å². The summed E-state index contributed by atoms with van der Waals surface area (Å²) in [5.74, 6) is -0.976. The van der Waals surface area contributed by atoms with Crippen molar-refractivity contribution in [2.24, 2.45) is 4.99 Å². The molecule has 94 valence electrons. The van der Waals surface area contributed by atoms with Crippen LogP contribution < -0.4 is 0 Å². The fraction of sp³-hybridized carbons (Fsp3) is 0.800. The zero-order valence-corrected chi connectivity index (χ0v) is 9.77. The Labute approximate surface area is 95.2 Å². The molecule has 0 aliphatic carbocycles. The van der Waals surface area contributed by atoms with Crippen LogP contribution in [0, 0.1) is 0 Å². The topological polar surface area (TPSA) is 77.3 Å². The maximum atomic E-state index is 10.1. The number of aliphatic imine (C=N–C) groups is 1. The lowest BCUT2D eigenvalue weighted by Gasteiger charge is -2.04.